The van der Waals surface area contributed by atoms with Gasteiger partial charge in [0, 0.05) is 10.0 Å². The average Bonchev–Trinajstić information content (AvgIpc) is 2.90. The number of hydrogen-bond donors (Lipinski definition) is 1. The fourth-order valence-corrected chi connectivity index (χ4v) is 2.72. The predicted molar refractivity (Wildman–Crippen MR) is 82.2 cm³/mol. The maximum atomic E-state index is 11.0. The van der Waals surface area contributed by atoms with E-state index in [0.717, 1.165) is 10.9 Å². The number of tetrazole rings is 1. The van der Waals surface area contributed by atoms with Crippen molar-refractivity contribution < 1.29 is 9.90 Å². The molecule has 2 rings (SSSR count). The minimum absolute atomic E-state index is 0.0303. The van der Waals surface area contributed by atoms with Crippen LogP contribution in [0.4, 0.5) is 0 Å². The lowest BCUT2D eigenvalue weighted by molar-refractivity contribution is -0.138. The summed E-state index contributed by atoms with van der Waals surface area (Å²) < 4.78 is 2.28. The zero-order valence-electron chi connectivity index (χ0n) is 11.3. The molecular formula is C13H14BrClN4O2. The topological polar surface area (TPSA) is 80.9 Å². The second-order valence-electron chi connectivity index (χ2n) is 4.59. The van der Waals surface area contributed by atoms with Crippen LogP contribution in [0.15, 0.2) is 22.7 Å². The summed E-state index contributed by atoms with van der Waals surface area (Å²) in [6.45, 7) is 1.99. The van der Waals surface area contributed by atoms with Crippen LogP contribution in [0.25, 0.3) is 11.4 Å². The molecule has 0 radical (unpaired) electrons. The number of carbonyl (C=O) groups is 1. The van der Waals surface area contributed by atoms with E-state index in [1.54, 1.807) is 10.7 Å². The Morgan fingerprint density at radius 1 is 1.52 bits per heavy atom. The fraction of sp³-hybridized carbons (Fsp3) is 0.385. The highest BCUT2D eigenvalue weighted by molar-refractivity contribution is 9.10. The SMILES string of the molecule is CCCC(CC(=O)O)n1nnnc1-c1cccc(Br)c1Cl. The van der Waals surface area contributed by atoms with Crippen LogP contribution >= 0.6 is 27.5 Å². The van der Waals surface area contributed by atoms with Crippen molar-refractivity contribution in [2.24, 2.45) is 0 Å². The monoisotopic (exact) mass is 372 g/mol. The van der Waals surface area contributed by atoms with Crippen molar-refractivity contribution in [3.63, 3.8) is 0 Å². The maximum Gasteiger partial charge on any atom is 0.305 e. The average molecular weight is 374 g/mol. The lowest BCUT2D eigenvalue weighted by atomic mass is 10.1. The zero-order chi connectivity index (χ0) is 15.4. The van der Waals surface area contributed by atoms with Crippen molar-refractivity contribution in [3.05, 3.63) is 27.7 Å². The van der Waals surface area contributed by atoms with E-state index in [1.807, 2.05) is 19.1 Å². The third-order valence-corrected chi connectivity index (χ3v) is 4.36. The highest BCUT2D eigenvalue weighted by Gasteiger charge is 2.22. The molecule has 1 unspecified atom stereocenters. The third kappa shape index (κ3) is 3.59. The van der Waals surface area contributed by atoms with Gasteiger partial charge in [-0.3, -0.25) is 4.79 Å². The van der Waals surface area contributed by atoms with Crippen molar-refractivity contribution >= 4 is 33.5 Å². The molecule has 1 atom stereocenters. The maximum absolute atomic E-state index is 11.0. The molecular weight excluding hydrogens is 360 g/mol. The first kappa shape index (κ1) is 15.9. The molecule has 21 heavy (non-hydrogen) atoms. The quantitative estimate of drug-likeness (QED) is 0.837. The first-order valence-electron chi connectivity index (χ1n) is 6.48. The number of carboxylic acids is 1. The number of hydrogen-bond acceptors (Lipinski definition) is 4. The molecule has 1 aromatic heterocycles. The van der Waals surface area contributed by atoms with Crippen LogP contribution in [0.3, 0.4) is 0 Å². The van der Waals surface area contributed by atoms with Gasteiger partial charge in [-0.25, -0.2) is 4.68 Å². The molecule has 0 saturated heterocycles. The summed E-state index contributed by atoms with van der Waals surface area (Å²) in [5.74, 6) is -0.406. The second-order valence-corrected chi connectivity index (χ2v) is 5.82. The van der Waals surface area contributed by atoms with E-state index in [9.17, 15) is 4.79 Å². The van der Waals surface area contributed by atoms with Crippen LogP contribution < -0.4 is 0 Å². The Balaban J connectivity index is 2.45. The number of carboxylic acid groups (broad SMARTS) is 1. The number of halogens is 2. The van der Waals surface area contributed by atoms with Gasteiger partial charge in [0.1, 0.15) is 0 Å². The van der Waals surface area contributed by atoms with E-state index in [4.69, 9.17) is 16.7 Å². The van der Waals surface area contributed by atoms with Crippen LogP contribution in [0.1, 0.15) is 32.2 Å². The van der Waals surface area contributed by atoms with Gasteiger partial charge < -0.3 is 5.11 Å². The molecule has 1 heterocycles. The highest BCUT2D eigenvalue weighted by atomic mass is 79.9. The van der Waals surface area contributed by atoms with Crippen molar-refractivity contribution in [1.29, 1.82) is 0 Å². The Hall–Kier alpha value is -1.47. The number of nitrogens with zero attached hydrogens (tertiary/aromatic N) is 4. The lowest BCUT2D eigenvalue weighted by Crippen LogP contribution is -2.16. The molecule has 1 N–H and O–H groups in total. The third-order valence-electron chi connectivity index (χ3n) is 3.06. The Labute approximate surface area is 135 Å². The van der Waals surface area contributed by atoms with Crippen molar-refractivity contribution in [1.82, 2.24) is 20.2 Å². The molecule has 0 aliphatic carbocycles. The minimum Gasteiger partial charge on any atom is -0.481 e. The van der Waals surface area contributed by atoms with Crippen LogP contribution in [-0.2, 0) is 4.79 Å². The van der Waals surface area contributed by atoms with Gasteiger partial charge >= 0.3 is 5.97 Å². The largest absolute Gasteiger partial charge is 0.481 e. The van der Waals surface area contributed by atoms with Crippen LogP contribution in [0.5, 0.6) is 0 Å². The summed E-state index contributed by atoms with van der Waals surface area (Å²) in [5.41, 5.74) is 0.669. The lowest BCUT2D eigenvalue weighted by Gasteiger charge is -2.16. The summed E-state index contributed by atoms with van der Waals surface area (Å²) in [5, 5.41) is 21.2. The van der Waals surface area contributed by atoms with Crippen molar-refractivity contribution in [3.8, 4) is 11.4 Å². The molecule has 112 valence electrons. The van der Waals surface area contributed by atoms with Gasteiger partial charge in [-0.05, 0) is 44.9 Å². The summed E-state index contributed by atoms with van der Waals surface area (Å²) in [4.78, 5) is 11.0. The molecule has 0 aliphatic heterocycles. The smallest absolute Gasteiger partial charge is 0.305 e. The highest BCUT2D eigenvalue weighted by Crippen LogP contribution is 2.34. The van der Waals surface area contributed by atoms with Gasteiger partial charge in [0.2, 0.25) is 0 Å². The van der Waals surface area contributed by atoms with E-state index >= 15 is 0 Å². The molecule has 0 aliphatic rings. The Morgan fingerprint density at radius 3 is 2.95 bits per heavy atom. The second kappa shape index (κ2) is 7.00. The van der Waals surface area contributed by atoms with E-state index < -0.39 is 5.97 Å². The molecule has 0 fully saturated rings. The predicted octanol–water partition coefficient (Wildman–Crippen LogP) is 3.57. The Morgan fingerprint density at radius 2 is 2.29 bits per heavy atom. The summed E-state index contributed by atoms with van der Waals surface area (Å²) >= 11 is 9.63. The molecule has 0 saturated carbocycles. The number of rotatable bonds is 6. The summed E-state index contributed by atoms with van der Waals surface area (Å²) in [6.07, 6.45) is 1.48. The standard InChI is InChI=1S/C13H14BrClN4O2/c1-2-4-8(7-11(20)21)19-13(16-17-18-19)9-5-3-6-10(14)12(9)15/h3,5-6,8H,2,4,7H2,1H3,(H,20,21). The van der Waals surface area contributed by atoms with E-state index in [2.05, 4.69) is 31.5 Å². The first-order chi connectivity index (χ1) is 10.0. The first-order valence-corrected chi connectivity index (χ1v) is 7.65. The molecule has 8 heteroatoms. The van der Waals surface area contributed by atoms with Crippen LogP contribution in [0.2, 0.25) is 5.02 Å². The molecule has 0 bridgehead atoms. The molecule has 6 nitrogen and oxygen atoms in total. The van der Waals surface area contributed by atoms with E-state index in [-0.39, 0.29) is 12.5 Å². The van der Waals surface area contributed by atoms with Crippen LogP contribution in [0, 0.1) is 0 Å². The van der Waals surface area contributed by atoms with Gasteiger partial charge in [-0.1, -0.05) is 31.0 Å². The Kier molecular flexibility index (Phi) is 5.30. The van der Waals surface area contributed by atoms with Gasteiger partial charge in [-0.2, -0.15) is 0 Å². The normalized spacial score (nSPS) is 12.3. The summed E-state index contributed by atoms with van der Waals surface area (Å²) in [7, 11) is 0. The Bertz CT molecular complexity index is 647. The molecule has 0 amide bonds. The molecule has 2 aromatic rings. The fourth-order valence-electron chi connectivity index (χ4n) is 2.14. The van der Waals surface area contributed by atoms with E-state index in [0.29, 0.717) is 22.8 Å². The van der Waals surface area contributed by atoms with Gasteiger partial charge in [0.05, 0.1) is 17.5 Å². The molecule has 1 aromatic carbocycles. The molecule has 0 spiro atoms. The van der Waals surface area contributed by atoms with Crippen molar-refractivity contribution in [2.45, 2.75) is 32.2 Å². The number of benzene rings is 1. The number of aliphatic carboxylic acids is 1. The van der Waals surface area contributed by atoms with Gasteiger partial charge in [-0.15, -0.1) is 5.10 Å². The van der Waals surface area contributed by atoms with Gasteiger partial charge in [0.15, 0.2) is 5.82 Å². The van der Waals surface area contributed by atoms with Crippen molar-refractivity contribution in [2.75, 3.05) is 0 Å². The zero-order valence-corrected chi connectivity index (χ0v) is 13.7. The summed E-state index contributed by atoms with van der Waals surface area (Å²) in [6, 6.07) is 5.16. The minimum atomic E-state index is -0.879. The van der Waals surface area contributed by atoms with E-state index in [1.165, 1.54) is 0 Å². The van der Waals surface area contributed by atoms with Crippen LogP contribution in [-0.4, -0.2) is 31.3 Å². The number of aromatic nitrogens is 4. The van der Waals surface area contributed by atoms with Gasteiger partial charge in [0.25, 0.3) is 0 Å².